The fourth-order valence-corrected chi connectivity index (χ4v) is 4.61. The van der Waals surface area contributed by atoms with Gasteiger partial charge in [0, 0.05) is 24.1 Å². The third kappa shape index (κ3) is 6.29. The van der Waals surface area contributed by atoms with Gasteiger partial charge in [-0.1, -0.05) is 50.1 Å². The van der Waals surface area contributed by atoms with Crippen molar-refractivity contribution in [2.24, 2.45) is 0 Å². The molecule has 2 unspecified atom stereocenters. The molecule has 7 heteroatoms. The molecule has 0 radical (unpaired) electrons. The number of carbonyl (C=O) groups is 1. The summed E-state index contributed by atoms with van der Waals surface area (Å²) in [5.41, 5.74) is 3.03. The monoisotopic (exact) mass is 460 g/mol. The maximum absolute atomic E-state index is 13.7. The Morgan fingerprint density at radius 3 is 2.59 bits per heavy atom. The van der Waals surface area contributed by atoms with Gasteiger partial charge in [-0.25, -0.2) is 15.0 Å². The van der Waals surface area contributed by atoms with E-state index in [4.69, 9.17) is 9.97 Å². The molecule has 34 heavy (non-hydrogen) atoms. The van der Waals surface area contributed by atoms with Gasteiger partial charge >= 0.3 is 0 Å². The van der Waals surface area contributed by atoms with E-state index in [1.54, 1.807) is 12.5 Å². The lowest BCUT2D eigenvalue weighted by molar-refractivity contribution is -0.128. The Bertz CT molecular complexity index is 1030. The van der Waals surface area contributed by atoms with Gasteiger partial charge in [-0.15, -0.1) is 0 Å². The van der Waals surface area contributed by atoms with Gasteiger partial charge in [0.25, 0.3) is 0 Å². The number of likely N-dealkylation sites (tertiary alicyclic amines) is 1. The third-order valence-electron chi connectivity index (χ3n) is 6.41. The maximum Gasteiger partial charge on any atom is 0.243 e. The highest BCUT2D eigenvalue weighted by atomic mass is 16.2. The largest absolute Gasteiger partial charge is 0.352 e. The molecule has 3 aromatic rings. The molecule has 0 bridgehead atoms. The summed E-state index contributed by atoms with van der Waals surface area (Å²) in [6.45, 7) is 6.05. The molecule has 1 amide bonds. The Kier molecular flexibility index (Phi) is 8.41. The lowest BCUT2D eigenvalue weighted by Gasteiger charge is -2.34. The number of hydrogen-bond acceptors (Lipinski definition) is 5. The highest BCUT2D eigenvalue weighted by Crippen LogP contribution is 2.25. The van der Waals surface area contributed by atoms with Crippen molar-refractivity contribution in [3.05, 3.63) is 72.1 Å². The lowest BCUT2D eigenvalue weighted by atomic mass is 10.0. The van der Waals surface area contributed by atoms with Crippen LogP contribution in [0.2, 0.25) is 0 Å². The predicted molar refractivity (Wildman–Crippen MR) is 134 cm³/mol. The van der Waals surface area contributed by atoms with E-state index in [0.29, 0.717) is 5.95 Å². The summed E-state index contributed by atoms with van der Waals surface area (Å²) >= 11 is 0. The molecule has 4 rings (SSSR count). The molecule has 1 saturated heterocycles. The number of amides is 1. The first-order valence-corrected chi connectivity index (χ1v) is 12.6. The Morgan fingerprint density at radius 2 is 1.88 bits per heavy atom. The summed E-state index contributed by atoms with van der Waals surface area (Å²) in [6, 6.07) is 12.1. The second-order valence-corrected chi connectivity index (χ2v) is 9.24. The van der Waals surface area contributed by atoms with Crippen LogP contribution in [0, 0.1) is 0 Å². The SMILES string of the molecule is CCCc1cc(C(C(=O)NC(C)CCc2ccccc2)N2CCCCC2)nc(-n2ccnc2)n1. The van der Waals surface area contributed by atoms with E-state index in [-0.39, 0.29) is 11.9 Å². The molecule has 3 heterocycles. The fraction of sp³-hybridized carbons (Fsp3) is 0.481. The van der Waals surface area contributed by atoms with Crippen molar-refractivity contribution in [1.82, 2.24) is 29.7 Å². The normalized spacial score (nSPS) is 16.2. The first-order valence-electron chi connectivity index (χ1n) is 12.6. The Hall–Kier alpha value is -3.06. The second kappa shape index (κ2) is 11.9. The minimum atomic E-state index is -0.416. The molecular formula is C27H36N6O. The first kappa shape index (κ1) is 24.1. The van der Waals surface area contributed by atoms with Gasteiger partial charge in [-0.05, 0) is 63.7 Å². The highest BCUT2D eigenvalue weighted by molar-refractivity contribution is 5.83. The summed E-state index contributed by atoms with van der Waals surface area (Å²) in [5, 5.41) is 3.29. The van der Waals surface area contributed by atoms with Crippen molar-refractivity contribution in [3.8, 4) is 5.95 Å². The van der Waals surface area contributed by atoms with Crippen LogP contribution >= 0.6 is 0 Å². The number of rotatable bonds is 10. The minimum Gasteiger partial charge on any atom is -0.352 e. The van der Waals surface area contributed by atoms with Crippen LogP contribution < -0.4 is 5.32 Å². The van der Waals surface area contributed by atoms with Crippen LogP contribution in [0.25, 0.3) is 5.95 Å². The topological polar surface area (TPSA) is 75.9 Å². The Morgan fingerprint density at radius 1 is 1.09 bits per heavy atom. The molecule has 1 fully saturated rings. The summed E-state index contributed by atoms with van der Waals surface area (Å²) in [6.07, 6.45) is 12.4. The molecule has 2 atom stereocenters. The quantitative estimate of drug-likeness (QED) is 0.489. The van der Waals surface area contributed by atoms with Gasteiger partial charge in [0.15, 0.2) is 0 Å². The zero-order chi connectivity index (χ0) is 23.8. The van der Waals surface area contributed by atoms with Crippen molar-refractivity contribution < 1.29 is 4.79 Å². The molecule has 1 aromatic carbocycles. The molecule has 2 aromatic heterocycles. The lowest BCUT2D eigenvalue weighted by Crippen LogP contribution is -2.46. The van der Waals surface area contributed by atoms with Crippen LogP contribution in [-0.4, -0.2) is 49.5 Å². The average molecular weight is 461 g/mol. The van der Waals surface area contributed by atoms with Gasteiger partial charge in [0.1, 0.15) is 12.4 Å². The minimum absolute atomic E-state index is 0.0280. The number of hydrogen-bond donors (Lipinski definition) is 1. The molecule has 1 N–H and O–H groups in total. The zero-order valence-electron chi connectivity index (χ0n) is 20.4. The van der Waals surface area contributed by atoms with Crippen LogP contribution in [0.5, 0.6) is 0 Å². The fourth-order valence-electron chi connectivity index (χ4n) is 4.61. The predicted octanol–water partition coefficient (Wildman–Crippen LogP) is 4.28. The molecule has 0 aliphatic carbocycles. The van der Waals surface area contributed by atoms with E-state index in [2.05, 4.69) is 53.3 Å². The smallest absolute Gasteiger partial charge is 0.243 e. The van der Waals surface area contributed by atoms with E-state index < -0.39 is 6.04 Å². The summed E-state index contributed by atoms with van der Waals surface area (Å²) < 4.78 is 1.82. The number of carbonyl (C=O) groups excluding carboxylic acids is 1. The van der Waals surface area contributed by atoms with Gasteiger partial charge in [0.2, 0.25) is 11.9 Å². The number of nitrogens with one attached hydrogen (secondary N) is 1. The van der Waals surface area contributed by atoms with E-state index >= 15 is 0 Å². The van der Waals surface area contributed by atoms with Gasteiger partial charge in [-0.3, -0.25) is 14.3 Å². The molecule has 0 saturated carbocycles. The van der Waals surface area contributed by atoms with Gasteiger partial charge in [0.05, 0.1) is 5.69 Å². The molecule has 0 spiro atoms. The standard InChI is InChI=1S/C27H36N6O/c1-3-10-23-19-24(31-27(30-23)33-18-15-28-20-33)25(32-16-8-5-9-17-32)26(34)29-21(2)13-14-22-11-6-4-7-12-22/h4,6-7,11-12,15,18-21,25H,3,5,8-10,13-14,16-17H2,1-2H3,(H,29,34). The van der Waals surface area contributed by atoms with E-state index in [1.807, 2.05) is 22.9 Å². The van der Waals surface area contributed by atoms with Crippen LogP contribution in [0.3, 0.4) is 0 Å². The third-order valence-corrected chi connectivity index (χ3v) is 6.41. The summed E-state index contributed by atoms with van der Waals surface area (Å²) in [7, 11) is 0. The maximum atomic E-state index is 13.7. The number of aromatic nitrogens is 4. The second-order valence-electron chi connectivity index (χ2n) is 9.24. The van der Waals surface area contributed by atoms with E-state index in [1.165, 1.54) is 12.0 Å². The number of benzene rings is 1. The first-order chi connectivity index (χ1) is 16.6. The Balaban J connectivity index is 1.57. The van der Waals surface area contributed by atoms with Crippen molar-refractivity contribution in [1.29, 1.82) is 0 Å². The van der Waals surface area contributed by atoms with Crippen LogP contribution in [0.4, 0.5) is 0 Å². The van der Waals surface area contributed by atoms with Crippen molar-refractivity contribution in [2.75, 3.05) is 13.1 Å². The zero-order valence-corrected chi connectivity index (χ0v) is 20.4. The Labute approximate surface area is 202 Å². The molecule has 7 nitrogen and oxygen atoms in total. The molecule has 180 valence electrons. The van der Waals surface area contributed by atoms with E-state index in [0.717, 1.165) is 63.0 Å². The van der Waals surface area contributed by atoms with Crippen LogP contribution in [-0.2, 0) is 17.6 Å². The van der Waals surface area contributed by atoms with Crippen molar-refractivity contribution in [3.63, 3.8) is 0 Å². The molecular weight excluding hydrogens is 424 g/mol. The van der Waals surface area contributed by atoms with E-state index in [9.17, 15) is 4.79 Å². The van der Waals surface area contributed by atoms with Crippen molar-refractivity contribution in [2.45, 2.75) is 70.9 Å². The van der Waals surface area contributed by atoms with Crippen LogP contribution in [0.1, 0.15) is 68.9 Å². The average Bonchev–Trinajstić information content (AvgIpc) is 3.40. The number of imidazole rings is 1. The summed E-state index contributed by atoms with van der Waals surface area (Å²) in [4.78, 5) is 29.7. The molecule has 1 aliphatic heterocycles. The number of nitrogens with zero attached hydrogens (tertiary/aromatic N) is 5. The number of piperidine rings is 1. The highest BCUT2D eigenvalue weighted by Gasteiger charge is 2.31. The van der Waals surface area contributed by atoms with Gasteiger partial charge < -0.3 is 5.32 Å². The number of aryl methyl sites for hydroxylation is 2. The summed E-state index contributed by atoms with van der Waals surface area (Å²) in [5.74, 6) is 0.602. The van der Waals surface area contributed by atoms with Crippen LogP contribution in [0.15, 0.2) is 55.1 Å². The molecule has 1 aliphatic rings. The van der Waals surface area contributed by atoms with Gasteiger partial charge in [-0.2, -0.15) is 0 Å². The van der Waals surface area contributed by atoms with Crippen molar-refractivity contribution >= 4 is 5.91 Å².